The molecule has 0 aliphatic carbocycles. The molecule has 0 radical (unpaired) electrons. The van der Waals surface area contributed by atoms with E-state index in [-0.39, 0.29) is 18.9 Å². The van der Waals surface area contributed by atoms with Crippen LogP contribution in [0.15, 0.2) is 24.3 Å². The predicted molar refractivity (Wildman–Crippen MR) is 356 cm³/mol. The molecule has 19 heteroatoms. The zero-order valence-corrected chi connectivity index (χ0v) is 56.8. The summed E-state index contributed by atoms with van der Waals surface area (Å²) in [5.74, 6) is -0.280. The number of rotatable bonds is 58. The van der Waals surface area contributed by atoms with Crippen LogP contribution in [0.1, 0.15) is 296 Å². The molecule has 17 unspecified atom stereocenters. The molecule has 1 amide bonds. The smallest absolute Gasteiger partial charge is 0.220 e. The Kier molecular flexibility index (Phi) is 49.8. The van der Waals surface area contributed by atoms with Crippen molar-refractivity contribution in [2.24, 2.45) is 0 Å². The van der Waals surface area contributed by atoms with Crippen LogP contribution >= 0.6 is 0 Å². The van der Waals surface area contributed by atoms with Crippen molar-refractivity contribution in [2.45, 2.75) is 401 Å². The summed E-state index contributed by atoms with van der Waals surface area (Å²) in [6.45, 7) is 1.74. The predicted octanol–water partition coefficient (Wildman–Crippen LogP) is 10.6. The molecule has 12 N–H and O–H groups in total. The Morgan fingerprint density at radius 2 is 0.703 bits per heavy atom. The number of carbonyl (C=O) groups excluding carboxylic acids is 1. The minimum absolute atomic E-state index is 0.241. The lowest BCUT2D eigenvalue weighted by Crippen LogP contribution is -2.66. The first-order valence-corrected chi connectivity index (χ1v) is 37.1. The number of ether oxygens (including phenoxy) is 6. The van der Waals surface area contributed by atoms with Gasteiger partial charge in [0, 0.05) is 6.42 Å². The van der Waals surface area contributed by atoms with E-state index in [1.807, 2.05) is 6.08 Å². The van der Waals surface area contributed by atoms with Crippen LogP contribution in [-0.4, -0.2) is 193 Å². The monoisotopic (exact) mass is 1300 g/mol. The van der Waals surface area contributed by atoms with Crippen LogP contribution < -0.4 is 5.32 Å². The van der Waals surface area contributed by atoms with E-state index >= 15 is 0 Å². The molecule has 3 aliphatic rings. The van der Waals surface area contributed by atoms with E-state index in [0.29, 0.717) is 12.8 Å². The molecular weight excluding hydrogens is 1170 g/mol. The zero-order chi connectivity index (χ0) is 66.1. The molecule has 3 rings (SSSR count). The van der Waals surface area contributed by atoms with E-state index in [2.05, 4.69) is 31.3 Å². The third-order valence-electron chi connectivity index (χ3n) is 18.8. The fourth-order valence-corrected chi connectivity index (χ4v) is 12.7. The van der Waals surface area contributed by atoms with E-state index < -0.39 is 124 Å². The molecular formula is C72H135NO18. The number of allylic oxidation sites excluding steroid dienone is 3. The maximum atomic E-state index is 13.4. The van der Waals surface area contributed by atoms with Crippen LogP contribution in [-0.2, 0) is 33.2 Å². The van der Waals surface area contributed by atoms with Gasteiger partial charge in [-0.05, 0) is 32.1 Å². The summed E-state index contributed by atoms with van der Waals surface area (Å²) in [6.07, 6.45) is 36.2. The first-order valence-electron chi connectivity index (χ1n) is 37.1. The van der Waals surface area contributed by atoms with Gasteiger partial charge in [-0.1, -0.05) is 282 Å². The maximum Gasteiger partial charge on any atom is 0.220 e. The fraction of sp³-hybridized carbons (Fsp3) is 0.931. The van der Waals surface area contributed by atoms with Crippen LogP contribution in [0.25, 0.3) is 0 Å². The van der Waals surface area contributed by atoms with Gasteiger partial charge in [0.2, 0.25) is 5.91 Å². The fourth-order valence-electron chi connectivity index (χ4n) is 12.7. The lowest BCUT2D eigenvalue weighted by molar-refractivity contribution is -0.379. The van der Waals surface area contributed by atoms with Crippen LogP contribution in [0.5, 0.6) is 0 Å². The normalized spacial score (nSPS) is 27.9. The van der Waals surface area contributed by atoms with Crippen molar-refractivity contribution in [3.05, 3.63) is 24.3 Å². The van der Waals surface area contributed by atoms with Crippen molar-refractivity contribution in [2.75, 3.05) is 26.4 Å². The SMILES string of the molecule is CCCCCCCCCC/C=C/CC/C=C/C(O)C(COC1OC(CO)C(OC2OC(CO)C(OC3OC(CO)C(O)C(O)C3O)C(O)C2O)C(O)C1O)NC(=O)CCCCCCCCCCCCCCCCCCCCCCCCCCCCCCCCCC. The molecule has 0 aromatic heterocycles. The highest BCUT2D eigenvalue weighted by Gasteiger charge is 2.53. The van der Waals surface area contributed by atoms with Crippen LogP contribution in [0.2, 0.25) is 0 Å². The molecule has 0 bridgehead atoms. The second kappa shape index (κ2) is 54.3. The van der Waals surface area contributed by atoms with Crippen molar-refractivity contribution in [3.63, 3.8) is 0 Å². The van der Waals surface area contributed by atoms with Crippen LogP contribution in [0, 0.1) is 0 Å². The number of unbranched alkanes of at least 4 members (excludes halogenated alkanes) is 40. The summed E-state index contributed by atoms with van der Waals surface area (Å²) in [4.78, 5) is 13.4. The number of hydrogen-bond acceptors (Lipinski definition) is 18. The number of amides is 1. The van der Waals surface area contributed by atoms with Gasteiger partial charge in [-0.15, -0.1) is 0 Å². The van der Waals surface area contributed by atoms with Crippen molar-refractivity contribution in [3.8, 4) is 0 Å². The summed E-state index contributed by atoms with van der Waals surface area (Å²) < 4.78 is 34.3. The molecule has 536 valence electrons. The molecule has 0 aromatic rings. The van der Waals surface area contributed by atoms with Gasteiger partial charge < -0.3 is 89.9 Å². The van der Waals surface area contributed by atoms with Crippen LogP contribution in [0.4, 0.5) is 0 Å². The molecule has 91 heavy (non-hydrogen) atoms. The second-order valence-electron chi connectivity index (χ2n) is 26.8. The summed E-state index contributed by atoms with van der Waals surface area (Å²) in [5.41, 5.74) is 0. The number of carbonyl (C=O) groups is 1. The molecule has 3 heterocycles. The molecule has 3 saturated heterocycles. The maximum absolute atomic E-state index is 13.4. The Balaban J connectivity index is 1.35. The Hall–Kier alpha value is -1.73. The Labute approximate surface area is 549 Å². The Morgan fingerprint density at radius 3 is 1.10 bits per heavy atom. The second-order valence-corrected chi connectivity index (χ2v) is 26.8. The summed E-state index contributed by atoms with van der Waals surface area (Å²) in [5, 5.41) is 120. The molecule has 3 aliphatic heterocycles. The van der Waals surface area contributed by atoms with Gasteiger partial charge in [0.15, 0.2) is 18.9 Å². The minimum Gasteiger partial charge on any atom is -0.394 e. The Morgan fingerprint density at radius 1 is 0.385 bits per heavy atom. The van der Waals surface area contributed by atoms with Gasteiger partial charge >= 0.3 is 0 Å². The quantitative estimate of drug-likeness (QED) is 0.0199. The molecule has 19 nitrogen and oxygen atoms in total. The number of aliphatic hydroxyl groups is 11. The summed E-state index contributed by atoms with van der Waals surface area (Å²) in [7, 11) is 0. The average Bonchev–Trinajstić information content (AvgIpc) is 0.885. The molecule has 3 fully saturated rings. The van der Waals surface area contributed by atoms with Gasteiger partial charge in [0.05, 0.1) is 38.6 Å². The average molecular weight is 1300 g/mol. The molecule has 0 saturated carbocycles. The lowest BCUT2D eigenvalue weighted by Gasteiger charge is -2.48. The number of aliphatic hydroxyl groups excluding tert-OH is 11. The minimum atomic E-state index is -1.98. The first-order chi connectivity index (χ1) is 44.3. The molecule has 17 atom stereocenters. The van der Waals surface area contributed by atoms with E-state index in [4.69, 9.17) is 28.4 Å². The standard InChI is InChI=1S/C72H135NO18/c1-3-5-7-9-11-13-15-17-19-20-21-22-23-24-25-26-27-28-29-30-31-32-33-34-35-36-38-40-42-44-46-48-50-60(78)73-55(56(77)49-47-45-43-41-39-37-18-16-14-12-10-8-6-4-2)54-86-70-66(84)63(81)68(58(52-75)88-70)91-72-67(85)64(82)69(59(53-76)89-72)90-71-65(83)62(80)61(79)57(51-74)87-71/h39,41,47,49,55-59,61-72,74-77,79-85H,3-38,40,42-46,48,50-54H2,1-2H3,(H,73,78)/b41-39+,49-47+. The topological polar surface area (TPSA) is 307 Å². The molecule has 0 aromatic carbocycles. The van der Waals surface area contributed by atoms with Crippen molar-refractivity contribution < 1.29 is 89.4 Å². The van der Waals surface area contributed by atoms with Crippen molar-refractivity contribution >= 4 is 5.91 Å². The van der Waals surface area contributed by atoms with Gasteiger partial charge in [0.1, 0.15) is 73.2 Å². The summed E-state index contributed by atoms with van der Waals surface area (Å²) >= 11 is 0. The number of hydrogen-bond donors (Lipinski definition) is 12. The highest BCUT2D eigenvalue weighted by molar-refractivity contribution is 5.76. The van der Waals surface area contributed by atoms with E-state index in [0.717, 1.165) is 38.5 Å². The summed E-state index contributed by atoms with van der Waals surface area (Å²) in [6, 6.07) is -0.986. The third kappa shape index (κ3) is 35.9. The van der Waals surface area contributed by atoms with E-state index in [1.165, 1.54) is 225 Å². The first kappa shape index (κ1) is 83.5. The largest absolute Gasteiger partial charge is 0.394 e. The van der Waals surface area contributed by atoms with Gasteiger partial charge in [-0.2, -0.15) is 0 Å². The van der Waals surface area contributed by atoms with E-state index in [1.54, 1.807) is 6.08 Å². The van der Waals surface area contributed by atoms with Gasteiger partial charge in [0.25, 0.3) is 0 Å². The molecule has 0 spiro atoms. The van der Waals surface area contributed by atoms with Gasteiger partial charge in [-0.25, -0.2) is 0 Å². The lowest BCUT2D eigenvalue weighted by atomic mass is 9.96. The zero-order valence-electron chi connectivity index (χ0n) is 56.8. The highest BCUT2D eigenvalue weighted by atomic mass is 16.8. The highest BCUT2D eigenvalue weighted by Crippen LogP contribution is 2.33. The van der Waals surface area contributed by atoms with Gasteiger partial charge in [-0.3, -0.25) is 4.79 Å². The Bertz CT molecular complexity index is 1750. The van der Waals surface area contributed by atoms with Crippen molar-refractivity contribution in [1.82, 2.24) is 5.32 Å². The third-order valence-corrected chi connectivity index (χ3v) is 18.8. The number of nitrogens with one attached hydrogen (secondary N) is 1. The van der Waals surface area contributed by atoms with Crippen LogP contribution in [0.3, 0.4) is 0 Å². The van der Waals surface area contributed by atoms with Crippen molar-refractivity contribution in [1.29, 1.82) is 0 Å². The van der Waals surface area contributed by atoms with E-state index in [9.17, 15) is 61.0 Å².